The normalized spacial score (nSPS) is 26.7. The smallest absolute Gasteiger partial charge is 0.327 e. The zero-order valence-electron chi connectivity index (χ0n) is 9.95. The molecule has 0 aromatic rings. The highest BCUT2D eigenvalue weighted by Gasteiger charge is 2.37. The van der Waals surface area contributed by atoms with E-state index in [1.54, 1.807) is 6.08 Å². The van der Waals surface area contributed by atoms with E-state index in [2.05, 4.69) is 33.8 Å². The molecule has 2 nitrogen and oxygen atoms in total. The molecule has 1 rings (SSSR count). The van der Waals surface area contributed by atoms with Gasteiger partial charge in [0.25, 0.3) is 0 Å². The molecule has 2 atom stereocenters. The van der Waals surface area contributed by atoms with Crippen molar-refractivity contribution in [1.82, 2.24) is 0 Å². The van der Waals surface area contributed by atoms with Gasteiger partial charge in [-0.25, -0.2) is 4.79 Å². The predicted octanol–water partition coefficient (Wildman–Crippen LogP) is 3.26. The largest absolute Gasteiger partial charge is 0.478 e. The average Bonchev–Trinajstić information content (AvgIpc) is 2.38. The summed E-state index contributed by atoms with van der Waals surface area (Å²) in [7, 11) is 0. The summed E-state index contributed by atoms with van der Waals surface area (Å²) in [4.78, 5) is 10.4. The van der Waals surface area contributed by atoms with Gasteiger partial charge in [-0.2, -0.15) is 0 Å². The molecule has 84 valence electrons. The Morgan fingerprint density at radius 1 is 1.67 bits per heavy atom. The SMILES string of the molecule is CC1=CC[C@@H](C(C)C=CC(=O)O)C1(C)C. The summed E-state index contributed by atoms with van der Waals surface area (Å²) in [5, 5.41) is 8.59. The van der Waals surface area contributed by atoms with Crippen molar-refractivity contribution in [3.63, 3.8) is 0 Å². The molecule has 1 aliphatic rings. The third-order valence-corrected chi connectivity index (χ3v) is 3.80. The second-order valence-corrected chi connectivity index (χ2v) is 5.01. The quantitative estimate of drug-likeness (QED) is 0.571. The third kappa shape index (κ3) is 2.49. The summed E-state index contributed by atoms with van der Waals surface area (Å²) in [5.74, 6) is -0.0276. The lowest BCUT2D eigenvalue weighted by Gasteiger charge is -2.32. The fourth-order valence-corrected chi connectivity index (χ4v) is 2.39. The van der Waals surface area contributed by atoms with Gasteiger partial charge in [-0.05, 0) is 30.6 Å². The van der Waals surface area contributed by atoms with Crippen LogP contribution in [-0.2, 0) is 4.79 Å². The van der Waals surface area contributed by atoms with Crippen LogP contribution in [-0.4, -0.2) is 11.1 Å². The summed E-state index contributed by atoms with van der Waals surface area (Å²) in [6, 6.07) is 0. The molecule has 0 fully saturated rings. The van der Waals surface area contributed by atoms with Crippen LogP contribution in [0.1, 0.15) is 34.1 Å². The molecule has 0 aromatic heterocycles. The van der Waals surface area contributed by atoms with Gasteiger partial charge in [0.15, 0.2) is 0 Å². The van der Waals surface area contributed by atoms with E-state index in [0.29, 0.717) is 11.8 Å². The lowest BCUT2D eigenvalue weighted by atomic mass is 9.72. The van der Waals surface area contributed by atoms with Crippen LogP contribution < -0.4 is 0 Å². The first kappa shape index (κ1) is 12.0. The number of hydrogen-bond donors (Lipinski definition) is 1. The van der Waals surface area contributed by atoms with Crippen molar-refractivity contribution < 1.29 is 9.90 Å². The lowest BCUT2D eigenvalue weighted by Crippen LogP contribution is -2.25. The number of carboxylic acid groups (broad SMARTS) is 1. The molecule has 15 heavy (non-hydrogen) atoms. The molecule has 0 radical (unpaired) electrons. The van der Waals surface area contributed by atoms with Gasteiger partial charge < -0.3 is 5.11 Å². The van der Waals surface area contributed by atoms with Crippen LogP contribution >= 0.6 is 0 Å². The molecule has 0 spiro atoms. The van der Waals surface area contributed by atoms with E-state index in [4.69, 9.17) is 5.11 Å². The minimum Gasteiger partial charge on any atom is -0.478 e. The fourth-order valence-electron chi connectivity index (χ4n) is 2.39. The Morgan fingerprint density at radius 3 is 2.67 bits per heavy atom. The molecule has 1 unspecified atom stereocenters. The minimum absolute atomic E-state index is 0.197. The summed E-state index contributed by atoms with van der Waals surface area (Å²) in [6.45, 7) is 8.73. The topological polar surface area (TPSA) is 37.3 Å². The molecular weight excluding hydrogens is 188 g/mol. The average molecular weight is 208 g/mol. The minimum atomic E-state index is -0.859. The Morgan fingerprint density at radius 2 is 2.27 bits per heavy atom. The van der Waals surface area contributed by atoms with Crippen molar-refractivity contribution in [2.24, 2.45) is 17.3 Å². The van der Waals surface area contributed by atoms with Gasteiger partial charge in [0, 0.05) is 6.08 Å². The highest BCUT2D eigenvalue weighted by molar-refractivity contribution is 5.79. The van der Waals surface area contributed by atoms with E-state index in [0.717, 1.165) is 6.42 Å². The molecule has 1 aliphatic carbocycles. The van der Waals surface area contributed by atoms with Gasteiger partial charge in [0.1, 0.15) is 0 Å². The van der Waals surface area contributed by atoms with Gasteiger partial charge >= 0.3 is 5.97 Å². The third-order valence-electron chi connectivity index (χ3n) is 3.80. The van der Waals surface area contributed by atoms with E-state index in [1.165, 1.54) is 11.6 Å². The van der Waals surface area contributed by atoms with Crippen LogP contribution in [0.5, 0.6) is 0 Å². The summed E-state index contributed by atoms with van der Waals surface area (Å²) in [6.07, 6.45) is 6.40. The van der Waals surface area contributed by atoms with Gasteiger partial charge in [-0.3, -0.25) is 0 Å². The standard InChI is InChI=1S/C13H20O2/c1-9(5-8-12(14)15)11-7-6-10(2)13(11,3)4/h5-6,8-9,11H,7H2,1-4H3,(H,14,15)/t9?,11-/m0/s1. The number of carboxylic acids is 1. The van der Waals surface area contributed by atoms with Crippen molar-refractivity contribution in [3.8, 4) is 0 Å². The molecule has 0 saturated heterocycles. The van der Waals surface area contributed by atoms with Crippen LogP contribution in [0.3, 0.4) is 0 Å². The van der Waals surface area contributed by atoms with Crippen LogP contribution in [0, 0.1) is 17.3 Å². The van der Waals surface area contributed by atoms with Crippen LogP contribution in [0.15, 0.2) is 23.8 Å². The summed E-state index contributed by atoms with van der Waals surface area (Å²) >= 11 is 0. The Hall–Kier alpha value is -1.05. The molecule has 0 aromatic carbocycles. The Labute approximate surface area is 91.7 Å². The van der Waals surface area contributed by atoms with E-state index in [1.807, 2.05) is 0 Å². The second-order valence-electron chi connectivity index (χ2n) is 5.01. The van der Waals surface area contributed by atoms with Crippen molar-refractivity contribution in [1.29, 1.82) is 0 Å². The molecule has 2 heteroatoms. The highest BCUT2D eigenvalue weighted by Crippen LogP contribution is 2.46. The van der Waals surface area contributed by atoms with Crippen molar-refractivity contribution >= 4 is 5.97 Å². The Bertz CT molecular complexity index is 310. The molecule has 0 amide bonds. The predicted molar refractivity (Wildman–Crippen MR) is 61.6 cm³/mol. The lowest BCUT2D eigenvalue weighted by molar-refractivity contribution is -0.131. The Kier molecular flexibility index (Phi) is 3.38. The van der Waals surface area contributed by atoms with Crippen LogP contribution in [0.2, 0.25) is 0 Å². The maximum Gasteiger partial charge on any atom is 0.327 e. The number of carbonyl (C=O) groups is 1. The van der Waals surface area contributed by atoms with Gasteiger partial charge in [-0.15, -0.1) is 0 Å². The zero-order valence-corrected chi connectivity index (χ0v) is 9.95. The molecule has 0 bridgehead atoms. The van der Waals surface area contributed by atoms with E-state index in [9.17, 15) is 4.79 Å². The molecule has 0 heterocycles. The van der Waals surface area contributed by atoms with E-state index >= 15 is 0 Å². The van der Waals surface area contributed by atoms with E-state index < -0.39 is 5.97 Å². The Balaban J connectivity index is 2.71. The molecular formula is C13H20O2. The first-order valence-electron chi connectivity index (χ1n) is 5.44. The number of hydrogen-bond acceptors (Lipinski definition) is 1. The van der Waals surface area contributed by atoms with Crippen molar-refractivity contribution in [2.75, 3.05) is 0 Å². The molecule has 1 N–H and O–H groups in total. The van der Waals surface area contributed by atoms with Crippen LogP contribution in [0.4, 0.5) is 0 Å². The van der Waals surface area contributed by atoms with E-state index in [-0.39, 0.29) is 5.41 Å². The van der Waals surface area contributed by atoms with Gasteiger partial charge in [0.2, 0.25) is 0 Å². The van der Waals surface area contributed by atoms with Crippen molar-refractivity contribution in [3.05, 3.63) is 23.8 Å². The highest BCUT2D eigenvalue weighted by atomic mass is 16.4. The van der Waals surface area contributed by atoms with Gasteiger partial charge in [-0.1, -0.05) is 38.5 Å². The molecule has 0 saturated carbocycles. The van der Waals surface area contributed by atoms with Gasteiger partial charge in [0.05, 0.1) is 0 Å². The maximum absolute atomic E-state index is 10.4. The van der Waals surface area contributed by atoms with Crippen LogP contribution in [0.25, 0.3) is 0 Å². The maximum atomic E-state index is 10.4. The number of rotatable bonds is 3. The number of allylic oxidation sites excluding steroid dienone is 3. The monoisotopic (exact) mass is 208 g/mol. The number of aliphatic carboxylic acids is 1. The summed E-state index contributed by atoms with van der Waals surface area (Å²) in [5.41, 5.74) is 1.62. The zero-order chi connectivity index (χ0) is 11.6. The van der Waals surface area contributed by atoms with Crippen molar-refractivity contribution in [2.45, 2.75) is 34.1 Å². The second kappa shape index (κ2) is 4.21. The summed E-state index contributed by atoms with van der Waals surface area (Å²) < 4.78 is 0. The fraction of sp³-hybridized carbons (Fsp3) is 0.615. The first-order valence-corrected chi connectivity index (χ1v) is 5.44. The first-order chi connectivity index (χ1) is 6.85. The molecule has 0 aliphatic heterocycles.